The van der Waals surface area contributed by atoms with Gasteiger partial charge in [-0.1, -0.05) is 24.3 Å². The van der Waals surface area contributed by atoms with Crippen molar-refractivity contribution in [3.63, 3.8) is 0 Å². The van der Waals surface area contributed by atoms with Crippen LogP contribution in [0.15, 0.2) is 66.7 Å². The Bertz CT molecular complexity index is 1580. The summed E-state index contributed by atoms with van der Waals surface area (Å²) in [7, 11) is 1.70. The fourth-order valence-electron chi connectivity index (χ4n) is 5.06. The summed E-state index contributed by atoms with van der Waals surface area (Å²) < 4.78 is 18.8. The Hall–Kier alpha value is -4.61. The first-order chi connectivity index (χ1) is 21.7. The molecule has 0 unspecified atom stereocenters. The number of aliphatic carboxylic acids is 3. The van der Waals surface area contributed by atoms with Crippen molar-refractivity contribution in [2.75, 3.05) is 40.0 Å². The van der Waals surface area contributed by atoms with Crippen LogP contribution in [0.25, 0.3) is 20.5 Å². The smallest absolute Gasteiger partial charge is 0.414 e. The van der Waals surface area contributed by atoms with Crippen LogP contribution in [0, 0.1) is 0 Å². The molecule has 0 saturated carbocycles. The van der Waals surface area contributed by atoms with Gasteiger partial charge in [0.15, 0.2) is 11.5 Å². The second-order valence-corrected chi connectivity index (χ2v) is 11.5. The summed E-state index contributed by atoms with van der Waals surface area (Å²) in [6, 6.07) is 22.9. The lowest BCUT2D eigenvalue weighted by Crippen LogP contribution is -2.25. The highest BCUT2D eigenvalue weighted by Gasteiger charge is 2.17. The van der Waals surface area contributed by atoms with Gasteiger partial charge in [-0.05, 0) is 103 Å². The number of carbonyl (C=O) groups is 3. The maximum absolute atomic E-state index is 10.7. The van der Waals surface area contributed by atoms with Crippen LogP contribution in [0.2, 0.25) is 0 Å². The average Bonchev–Trinajstić information content (AvgIpc) is 3.69. The number of fused-ring (bicyclic) bond motifs is 1. The standard InChI is InChI=1S/C32H35NO5S.C2H2O4/c1-36-29-22-23(10-15-28(29)38-20-18-33-16-4-5-17-33)21-27-26-7-2-3-8-30(26)39-32(27)24-11-13-25(14-12-24)37-19-6-9-31(34)35;3-1(4)2(5)6/h2-3,7-8,10-15,22H,4-6,9,16-21H2,1H3,(H,34,35);(H,3,4)(H,5,6). The first kappa shape index (κ1) is 33.3. The fraction of sp³-hybridized carbons (Fsp3) is 0.324. The predicted molar refractivity (Wildman–Crippen MR) is 172 cm³/mol. The number of carboxylic acid groups (broad SMARTS) is 3. The van der Waals surface area contributed by atoms with E-state index in [4.69, 9.17) is 39.1 Å². The lowest BCUT2D eigenvalue weighted by molar-refractivity contribution is -0.159. The van der Waals surface area contributed by atoms with Crippen molar-refractivity contribution in [2.45, 2.75) is 32.1 Å². The summed E-state index contributed by atoms with van der Waals surface area (Å²) in [5.74, 6) is -2.15. The molecule has 1 aliphatic heterocycles. The zero-order valence-corrected chi connectivity index (χ0v) is 25.9. The second-order valence-electron chi connectivity index (χ2n) is 10.4. The van der Waals surface area contributed by atoms with Gasteiger partial charge in [-0.2, -0.15) is 0 Å². The van der Waals surface area contributed by atoms with Crippen molar-refractivity contribution in [1.82, 2.24) is 4.90 Å². The number of thiophene rings is 1. The van der Waals surface area contributed by atoms with Crippen LogP contribution in [0.3, 0.4) is 0 Å². The van der Waals surface area contributed by atoms with Gasteiger partial charge in [-0.15, -0.1) is 11.3 Å². The van der Waals surface area contributed by atoms with Crippen LogP contribution in [-0.2, 0) is 20.8 Å². The molecule has 2 heterocycles. The van der Waals surface area contributed by atoms with Crippen molar-refractivity contribution < 1.29 is 43.9 Å². The summed E-state index contributed by atoms with van der Waals surface area (Å²) in [4.78, 5) is 32.6. The minimum absolute atomic E-state index is 0.111. The zero-order chi connectivity index (χ0) is 32.2. The number of nitrogens with zero attached hydrogens (tertiary/aromatic N) is 1. The molecule has 1 fully saturated rings. The van der Waals surface area contributed by atoms with Crippen molar-refractivity contribution in [3.8, 4) is 27.7 Å². The third-order valence-corrected chi connectivity index (χ3v) is 8.54. The molecule has 1 aliphatic rings. The highest BCUT2D eigenvalue weighted by atomic mass is 32.1. The number of methoxy groups -OCH3 is 1. The number of hydrogen-bond acceptors (Lipinski definition) is 8. The van der Waals surface area contributed by atoms with Crippen LogP contribution in [0.1, 0.15) is 36.8 Å². The summed E-state index contributed by atoms with van der Waals surface area (Å²) in [5.41, 5.74) is 3.59. The van der Waals surface area contributed by atoms with Crippen LogP contribution in [0.5, 0.6) is 17.2 Å². The monoisotopic (exact) mass is 635 g/mol. The molecule has 238 valence electrons. The molecular weight excluding hydrogens is 598 g/mol. The maximum atomic E-state index is 10.7. The topological polar surface area (TPSA) is 143 Å². The van der Waals surface area contributed by atoms with Gasteiger partial charge >= 0.3 is 17.9 Å². The second kappa shape index (κ2) is 16.5. The van der Waals surface area contributed by atoms with Crippen LogP contribution >= 0.6 is 11.3 Å². The Balaban J connectivity index is 0.000000700. The van der Waals surface area contributed by atoms with Gasteiger partial charge in [-0.3, -0.25) is 9.69 Å². The molecule has 0 amide bonds. The van der Waals surface area contributed by atoms with Crippen LogP contribution in [0.4, 0.5) is 0 Å². The van der Waals surface area contributed by atoms with Crippen molar-refractivity contribution in [3.05, 3.63) is 77.9 Å². The number of hydrogen-bond donors (Lipinski definition) is 3. The first-order valence-corrected chi connectivity index (χ1v) is 15.5. The molecule has 1 saturated heterocycles. The van der Waals surface area contributed by atoms with Crippen molar-refractivity contribution in [1.29, 1.82) is 0 Å². The van der Waals surface area contributed by atoms with Gasteiger partial charge in [-0.25, -0.2) is 9.59 Å². The SMILES string of the molecule is COc1cc(Cc2c(-c3ccc(OCCCC(=O)O)cc3)sc3ccccc23)ccc1OCCN1CCCC1.O=C(O)C(=O)O. The molecule has 10 nitrogen and oxygen atoms in total. The van der Waals surface area contributed by atoms with Crippen LogP contribution in [-0.4, -0.2) is 78.1 Å². The third kappa shape index (κ3) is 9.69. The molecule has 3 N–H and O–H groups in total. The molecule has 3 aromatic carbocycles. The van der Waals surface area contributed by atoms with E-state index < -0.39 is 17.9 Å². The van der Waals surface area contributed by atoms with E-state index in [1.807, 2.05) is 18.2 Å². The van der Waals surface area contributed by atoms with Gasteiger partial charge in [0.05, 0.1) is 13.7 Å². The average molecular weight is 636 g/mol. The summed E-state index contributed by atoms with van der Waals surface area (Å²) in [6.07, 6.45) is 3.94. The van der Waals surface area contributed by atoms with E-state index in [2.05, 4.69) is 53.4 Å². The Labute approximate surface area is 265 Å². The molecule has 0 spiro atoms. The lowest BCUT2D eigenvalue weighted by atomic mass is 9.98. The van der Waals surface area contributed by atoms with Gasteiger partial charge in [0.25, 0.3) is 0 Å². The van der Waals surface area contributed by atoms with Crippen LogP contribution < -0.4 is 14.2 Å². The molecule has 11 heteroatoms. The summed E-state index contributed by atoms with van der Waals surface area (Å²) in [5, 5.41) is 24.9. The highest BCUT2D eigenvalue weighted by Crippen LogP contribution is 2.41. The van der Waals surface area contributed by atoms with E-state index in [0.717, 1.165) is 35.8 Å². The Morgan fingerprint density at radius 3 is 2.22 bits per heavy atom. The molecule has 45 heavy (non-hydrogen) atoms. The quantitative estimate of drug-likeness (QED) is 0.118. The largest absolute Gasteiger partial charge is 0.494 e. The summed E-state index contributed by atoms with van der Waals surface area (Å²) >= 11 is 1.80. The van der Waals surface area contributed by atoms with E-state index in [1.165, 1.54) is 52.0 Å². The third-order valence-electron chi connectivity index (χ3n) is 7.27. The van der Waals surface area contributed by atoms with Crippen molar-refractivity contribution >= 4 is 39.3 Å². The van der Waals surface area contributed by atoms with Gasteiger partial charge in [0, 0.05) is 22.5 Å². The number of ether oxygens (including phenoxy) is 3. The minimum Gasteiger partial charge on any atom is -0.494 e. The van der Waals surface area contributed by atoms with Gasteiger partial charge < -0.3 is 29.5 Å². The molecule has 5 rings (SSSR count). The number of carboxylic acids is 3. The predicted octanol–water partition coefficient (Wildman–Crippen LogP) is 6.04. The molecule has 0 aliphatic carbocycles. The fourth-order valence-corrected chi connectivity index (χ4v) is 6.29. The van der Waals surface area contributed by atoms with E-state index >= 15 is 0 Å². The van der Waals surface area contributed by atoms with E-state index in [1.54, 1.807) is 18.4 Å². The minimum atomic E-state index is -1.82. The molecule has 0 atom stereocenters. The normalized spacial score (nSPS) is 12.7. The Morgan fingerprint density at radius 2 is 1.56 bits per heavy atom. The zero-order valence-electron chi connectivity index (χ0n) is 25.1. The molecule has 4 aromatic rings. The lowest BCUT2D eigenvalue weighted by Gasteiger charge is -2.17. The van der Waals surface area contributed by atoms with E-state index in [-0.39, 0.29) is 6.42 Å². The molecular formula is C34H37NO9S. The number of rotatable bonds is 13. The molecule has 0 radical (unpaired) electrons. The Kier molecular flexibility index (Phi) is 12.2. The maximum Gasteiger partial charge on any atom is 0.414 e. The van der Waals surface area contributed by atoms with Gasteiger partial charge in [0.2, 0.25) is 0 Å². The summed E-state index contributed by atoms with van der Waals surface area (Å²) in [6.45, 7) is 4.33. The van der Waals surface area contributed by atoms with Gasteiger partial charge in [0.1, 0.15) is 12.4 Å². The Morgan fingerprint density at radius 1 is 0.844 bits per heavy atom. The molecule has 0 bridgehead atoms. The first-order valence-electron chi connectivity index (χ1n) is 14.7. The van der Waals surface area contributed by atoms with E-state index in [0.29, 0.717) is 19.6 Å². The van der Waals surface area contributed by atoms with E-state index in [9.17, 15) is 4.79 Å². The number of likely N-dealkylation sites (tertiary alicyclic amines) is 1. The highest BCUT2D eigenvalue weighted by molar-refractivity contribution is 7.22. The van der Waals surface area contributed by atoms with Crippen molar-refractivity contribution in [2.24, 2.45) is 0 Å². The molecule has 1 aromatic heterocycles. The number of benzene rings is 3.